The van der Waals surface area contributed by atoms with Gasteiger partial charge < -0.3 is 25.8 Å². The maximum absolute atomic E-state index is 12.9. The average Bonchev–Trinajstić information content (AvgIpc) is 3.44. The Bertz CT molecular complexity index is 1700. The molecule has 234 valence electrons. The fourth-order valence-corrected chi connectivity index (χ4v) is 6.79. The number of aliphatic hydroxyl groups is 1. The zero-order chi connectivity index (χ0) is 31.7. The fraction of sp³-hybridized carbons (Fsp3) is 0.296. The van der Waals surface area contributed by atoms with Crippen LogP contribution in [0.2, 0.25) is 5.02 Å². The first-order chi connectivity index (χ1) is 21.1. The van der Waals surface area contributed by atoms with Crippen molar-refractivity contribution in [2.24, 2.45) is 0 Å². The number of aliphatic hydroxyl groups excluding tert-OH is 1. The van der Waals surface area contributed by atoms with Crippen molar-refractivity contribution in [1.82, 2.24) is 25.5 Å². The van der Waals surface area contributed by atoms with Crippen molar-refractivity contribution < 1.29 is 23.1 Å². The maximum Gasteiger partial charge on any atom is 0.240 e. The molecule has 0 saturated carbocycles. The van der Waals surface area contributed by atoms with Gasteiger partial charge in [0.2, 0.25) is 17.0 Å². The van der Waals surface area contributed by atoms with Gasteiger partial charge in [-0.15, -0.1) is 10.2 Å². The van der Waals surface area contributed by atoms with Gasteiger partial charge in [-0.25, -0.2) is 13.4 Å². The quantitative estimate of drug-likeness (QED) is 0.0862. The van der Waals surface area contributed by atoms with E-state index in [1.807, 2.05) is 12.1 Å². The van der Waals surface area contributed by atoms with E-state index in [1.165, 1.54) is 35.4 Å². The summed E-state index contributed by atoms with van der Waals surface area (Å²) in [5.41, 5.74) is 0.978. The number of methoxy groups -OCH3 is 1. The summed E-state index contributed by atoms with van der Waals surface area (Å²) in [5.74, 6) is 0.749. The van der Waals surface area contributed by atoms with Gasteiger partial charge in [0.25, 0.3) is 0 Å². The molecule has 0 aliphatic rings. The lowest BCUT2D eigenvalue weighted by Gasteiger charge is -2.15. The molecule has 17 heteroatoms. The van der Waals surface area contributed by atoms with E-state index in [0.717, 1.165) is 4.90 Å². The molecule has 44 heavy (non-hydrogen) atoms. The topological polar surface area (TPSA) is 180 Å². The SMILES string of the molecule is COc1cc(Nc2ncc(Cl)c(Nc3ccccc3S(=O)(=O)C(C)C)n2)ccc1Sc1nnc(NC(=O)CNCCCO)s1. The van der Waals surface area contributed by atoms with Crippen LogP contribution in [0.5, 0.6) is 5.75 Å². The lowest BCUT2D eigenvalue weighted by molar-refractivity contribution is -0.115. The fourth-order valence-electron chi connectivity index (χ4n) is 3.64. The van der Waals surface area contributed by atoms with E-state index in [4.69, 9.17) is 21.4 Å². The summed E-state index contributed by atoms with van der Waals surface area (Å²) in [5, 5.41) is 28.7. The highest BCUT2D eigenvalue weighted by Gasteiger charge is 2.23. The number of aromatic nitrogens is 4. The largest absolute Gasteiger partial charge is 0.495 e. The number of para-hydroxylation sites is 1. The number of ether oxygens (including phenoxy) is 1. The molecule has 1 amide bonds. The molecule has 0 atom stereocenters. The summed E-state index contributed by atoms with van der Waals surface area (Å²) in [7, 11) is -2.02. The van der Waals surface area contributed by atoms with E-state index < -0.39 is 15.1 Å². The van der Waals surface area contributed by atoms with Crippen molar-refractivity contribution in [1.29, 1.82) is 0 Å². The molecular weight excluding hydrogens is 648 g/mol. The minimum atomic E-state index is -3.56. The van der Waals surface area contributed by atoms with Gasteiger partial charge in [-0.05, 0) is 51.1 Å². The Kier molecular flexibility index (Phi) is 11.7. The number of nitrogens with zero attached hydrogens (tertiary/aromatic N) is 4. The number of hydrogen-bond acceptors (Lipinski definition) is 14. The highest BCUT2D eigenvalue weighted by molar-refractivity contribution is 8.01. The molecule has 13 nitrogen and oxygen atoms in total. The lowest BCUT2D eigenvalue weighted by atomic mass is 10.3. The minimum absolute atomic E-state index is 0.0589. The molecule has 5 N–H and O–H groups in total. The van der Waals surface area contributed by atoms with Crippen molar-refractivity contribution in [2.75, 3.05) is 42.8 Å². The second-order valence-corrected chi connectivity index (χ2v) is 14.5. The summed E-state index contributed by atoms with van der Waals surface area (Å²) in [4.78, 5) is 21.7. The van der Waals surface area contributed by atoms with Gasteiger partial charge in [0, 0.05) is 18.4 Å². The second-order valence-electron chi connectivity index (χ2n) is 9.37. The number of halogens is 1. The molecular formula is C27H31ClN8O5S3. The van der Waals surface area contributed by atoms with Crippen LogP contribution >= 0.6 is 34.7 Å². The van der Waals surface area contributed by atoms with E-state index >= 15 is 0 Å². The van der Waals surface area contributed by atoms with Crippen molar-refractivity contribution in [3.05, 3.63) is 53.7 Å². The van der Waals surface area contributed by atoms with Crippen LogP contribution in [0, 0.1) is 0 Å². The Morgan fingerprint density at radius 1 is 1.16 bits per heavy atom. The Labute approximate surface area is 268 Å². The Morgan fingerprint density at radius 2 is 1.95 bits per heavy atom. The number of benzene rings is 2. The Morgan fingerprint density at radius 3 is 2.70 bits per heavy atom. The first-order valence-corrected chi connectivity index (χ1v) is 16.9. The molecule has 2 aromatic carbocycles. The molecule has 0 radical (unpaired) electrons. The normalized spacial score (nSPS) is 11.4. The first-order valence-electron chi connectivity index (χ1n) is 13.3. The van der Waals surface area contributed by atoms with Crippen molar-refractivity contribution in [2.45, 2.75) is 39.6 Å². The second kappa shape index (κ2) is 15.5. The van der Waals surface area contributed by atoms with Gasteiger partial charge >= 0.3 is 0 Å². The minimum Gasteiger partial charge on any atom is -0.495 e. The van der Waals surface area contributed by atoms with Crippen LogP contribution in [0.25, 0.3) is 0 Å². The predicted molar refractivity (Wildman–Crippen MR) is 173 cm³/mol. The van der Waals surface area contributed by atoms with Gasteiger partial charge in [0.1, 0.15) is 10.8 Å². The standard InChI is InChI=1S/C27H31ClN8O5S3/c1-16(2)44(39,40)22-8-5-4-7-19(22)32-24-18(28)14-30-25(34-24)31-17-9-10-21(20(13-17)41-3)42-27-36-35-26(43-27)33-23(38)15-29-11-6-12-37/h4-5,7-10,13-14,16,29,37H,6,11-12,15H2,1-3H3,(H,33,35,38)(H2,30,31,32,34). The summed E-state index contributed by atoms with van der Waals surface area (Å²) in [6.45, 7) is 3.94. The van der Waals surface area contributed by atoms with Crippen LogP contribution in [0.1, 0.15) is 20.3 Å². The monoisotopic (exact) mass is 678 g/mol. The van der Waals surface area contributed by atoms with Crippen molar-refractivity contribution in [3.8, 4) is 5.75 Å². The lowest BCUT2D eigenvalue weighted by Crippen LogP contribution is -2.29. The zero-order valence-corrected chi connectivity index (χ0v) is 27.2. The van der Waals surface area contributed by atoms with Crippen LogP contribution in [-0.2, 0) is 14.6 Å². The molecule has 0 fully saturated rings. The van der Waals surface area contributed by atoms with E-state index in [0.29, 0.717) is 39.6 Å². The van der Waals surface area contributed by atoms with E-state index in [2.05, 4.69) is 41.4 Å². The summed E-state index contributed by atoms with van der Waals surface area (Å²) < 4.78 is 31.9. The molecule has 2 aromatic heterocycles. The van der Waals surface area contributed by atoms with Crippen LogP contribution in [0.3, 0.4) is 0 Å². The summed E-state index contributed by atoms with van der Waals surface area (Å²) >= 11 is 8.91. The van der Waals surface area contributed by atoms with Crippen molar-refractivity contribution >= 4 is 78.7 Å². The number of carbonyl (C=O) groups is 1. The summed E-state index contributed by atoms with van der Waals surface area (Å²) in [6.07, 6.45) is 1.98. The van der Waals surface area contributed by atoms with Crippen LogP contribution in [-0.4, -0.2) is 71.7 Å². The number of carbonyl (C=O) groups excluding carboxylic acids is 1. The molecule has 0 spiro atoms. The molecule has 0 saturated heterocycles. The van der Waals surface area contributed by atoms with Gasteiger partial charge in [0.05, 0.1) is 40.6 Å². The third kappa shape index (κ3) is 8.77. The number of sulfone groups is 1. The molecule has 0 aliphatic carbocycles. The van der Waals surface area contributed by atoms with Crippen LogP contribution < -0.4 is 26.0 Å². The molecule has 4 rings (SSSR count). The smallest absolute Gasteiger partial charge is 0.240 e. The zero-order valence-electron chi connectivity index (χ0n) is 24.0. The third-order valence-corrected chi connectivity index (χ3v) is 10.3. The molecule has 0 unspecified atom stereocenters. The van der Waals surface area contributed by atoms with Gasteiger partial charge in [0.15, 0.2) is 20.0 Å². The van der Waals surface area contributed by atoms with Crippen LogP contribution in [0.15, 0.2) is 62.8 Å². The van der Waals surface area contributed by atoms with Crippen molar-refractivity contribution in [3.63, 3.8) is 0 Å². The Balaban J connectivity index is 1.44. The number of rotatable bonds is 15. The molecule has 0 bridgehead atoms. The third-order valence-electron chi connectivity index (χ3n) is 5.88. The van der Waals surface area contributed by atoms with Crippen LogP contribution in [0.4, 0.5) is 28.3 Å². The van der Waals surface area contributed by atoms with Gasteiger partial charge in [-0.2, -0.15) is 4.98 Å². The highest BCUT2D eigenvalue weighted by Crippen LogP contribution is 2.39. The van der Waals surface area contributed by atoms with E-state index in [-0.39, 0.29) is 40.7 Å². The molecule has 4 aromatic rings. The Hall–Kier alpha value is -3.54. The van der Waals surface area contributed by atoms with E-state index in [1.54, 1.807) is 45.2 Å². The molecule has 0 aliphatic heterocycles. The number of hydrogen-bond donors (Lipinski definition) is 5. The number of anilines is 5. The number of amides is 1. The average molecular weight is 679 g/mol. The number of nitrogens with one attached hydrogen (secondary N) is 4. The van der Waals surface area contributed by atoms with Gasteiger partial charge in [-0.1, -0.05) is 46.8 Å². The van der Waals surface area contributed by atoms with Gasteiger partial charge in [-0.3, -0.25) is 10.1 Å². The van der Waals surface area contributed by atoms with E-state index in [9.17, 15) is 13.2 Å². The predicted octanol–water partition coefficient (Wildman–Crippen LogP) is 4.72. The highest BCUT2D eigenvalue weighted by atomic mass is 35.5. The summed E-state index contributed by atoms with van der Waals surface area (Å²) in [6, 6.07) is 12.0. The first kappa shape index (κ1) is 33.4. The molecule has 2 heterocycles. The maximum atomic E-state index is 12.9.